The second-order valence-corrected chi connectivity index (χ2v) is 9.35. The van der Waals surface area contributed by atoms with E-state index < -0.39 is 21.8 Å². The van der Waals surface area contributed by atoms with E-state index in [1.165, 1.54) is 16.4 Å². The number of aryl methyl sites for hydroxylation is 1. The number of rotatable bonds is 7. The molecule has 1 saturated heterocycles. The van der Waals surface area contributed by atoms with E-state index in [-0.39, 0.29) is 11.4 Å². The molecule has 11 heteroatoms. The van der Waals surface area contributed by atoms with Crippen LogP contribution >= 0.6 is 0 Å². The topological polar surface area (TPSA) is 72.0 Å². The van der Waals surface area contributed by atoms with Crippen molar-refractivity contribution in [2.45, 2.75) is 24.4 Å². The van der Waals surface area contributed by atoms with Crippen molar-refractivity contribution >= 4 is 15.8 Å². The molecule has 2 heterocycles. The molecule has 0 radical (unpaired) electrons. The molecule has 1 aromatic carbocycles. The summed E-state index contributed by atoms with van der Waals surface area (Å²) in [4.78, 5) is 5.90. The Bertz CT molecular complexity index is 1010. The first-order valence-electron chi connectivity index (χ1n) is 10.1. The fraction of sp³-hybridized carbons (Fsp3) is 0.476. The predicted molar refractivity (Wildman–Crippen MR) is 113 cm³/mol. The maximum Gasteiger partial charge on any atom is 0.417 e. The highest BCUT2D eigenvalue weighted by atomic mass is 32.2. The molecule has 32 heavy (non-hydrogen) atoms. The molecule has 0 amide bonds. The molecular weight excluding hydrogens is 447 g/mol. The third-order valence-electron chi connectivity index (χ3n) is 5.18. The van der Waals surface area contributed by atoms with Gasteiger partial charge in [0.25, 0.3) is 0 Å². The smallest absolute Gasteiger partial charge is 0.417 e. The van der Waals surface area contributed by atoms with Gasteiger partial charge >= 0.3 is 6.18 Å². The highest BCUT2D eigenvalue weighted by Gasteiger charge is 2.31. The number of hydrogen-bond donors (Lipinski definition) is 0. The fourth-order valence-electron chi connectivity index (χ4n) is 3.43. The van der Waals surface area contributed by atoms with Gasteiger partial charge in [-0.05, 0) is 49.2 Å². The van der Waals surface area contributed by atoms with Gasteiger partial charge in [-0.1, -0.05) is 0 Å². The molecular formula is C21H26F3N3O4S. The molecule has 0 atom stereocenters. The number of sulfonamides is 1. The summed E-state index contributed by atoms with van der Waals surface area (Å²) < 4.78 is 76.6. The van der Waals surface area contributed by atoms with E-state index in [4.69, 9.17) is 9.47 Å². The van der Waals surface area contributed by atoms with E-state index in [2.05, 4.69) is 4.98 Å². The Labute approximate surface area is 185 Å². The van der Waals surface area contributed by atoms with E-state index in [1.807, 2.05) is 0 Å². The number of hydrogen-bond acceptors (Lipinski definition) is 6. The third-order valence-corrected chi connectivity index (χ3v) is 7.08. The molecule has 1 aliphatic rings. The van der Waals surface area contributed by atoms with Gasteiger partial charge in [0.05, 0.1) is 17.1 Å². The summed E-state index contributed by atoms with van der Waals surface area (Å²) in [5.41, 5.74) is -0.113. The summed E-state index contributed by atoms with van der Waals surface area (Å²) in [5, 5.41) is 0. The lowest BCUT2D eigenvalue weighted by atomic mass is 10.2. The molecule has 2 aromatic rings. The summed E-state index contributed by atoms with van der Waals surface area (Å²) in [7, 11) is -2.15. The second-order valence-electron chi connectivity index (χ2n) is 7.42. The molecule has 1 aromatic heterocycles. The number of alkyl halides is 3. The Morgan fingerprint density at radius 2 is 1.84 bits per heavy atom. The number of nitrogens with zero attached hydrogens (tertiary/aromatic N) is 3. The van der Waals surface area contributed by atoms with Crippen molar-refractivity contribution in [3.05, 3.63) is 47.7 Å². The largest absolute Gasteiger partial charge is 0.491 e. The van der Waals surface area contributed by atoms with Gasteiger partial charge in [-0.3, -0.25) is 0 Å². The number of pyridine rings is 1. The van der Waals surface area contributed by atoms with Crippen LogP contribution in [0.15, 0.2) is 41.4 Å². The molecule has 0 spiro atoms. The lowest BCUT2D eigenvalue weighted by Gasteiger charge is -2.23. The minimum absolute atomic E-state index is 0.176. The summed E-state index contributed by atoms with van der Waals surface area (Å²) in [5.74, 6) is 0.988. The summed E-state index contributed by atoms with van der Waals surface area (Å²) in [6, 6.07) is 7.04. The minimum Gasteiger partial charge on any atom is -0.491 e. The number of anilines is 1. The lowest BCUT2D eigenvalue weighted by Crippen LogP contribution is -2.35. The van der Waals surface area contributed by atoms with Crippen molar-refractivity contribution in [1.29, 1.82) is 0 Å². The van der Waals surface area contributed by atoms with Gasteiger partial charge in [0, 0.05) is 39.5 Å². The Balaban J connectivity index is 1.69. The van der Waals surface area contributed by atoms with Crippen LogP contribution in [0.5, 0.6) is 5.75 Å². The van der Waals surface area contributed by atoms with Crippen molar-refractivity contribution in [2.24, 2.45) is 0 Å². The van der Waals surface area contributed by atoms with E-state index in [0.29, 0.717) is 56.4 Å². The highest BCUT2D eigenvalue weighted by molar-refractivity contribution is 7.89. The number of aromatic nitrogens is 1. The van der Waals surface area contributed by atoms with Gasteiger partial charge in [-0.15, -0.1) is 0 Å². The molecule has 1 aliphatic heterocycles. The Hall–Kier alpha value is -2.37. The minimum atomic E-state index is -4.45. The van der Waals surface area contributed by atoms with Crippen molar-refractivity contribution in [3.63, 3.8) is 0 Å². The Morgan fingerprint density at radius 3 is 2.47 bits per heavy atom. The van der Waals surface area contributed by atoms with E-state index in [1.54, 1.807) is 31.1 Å². The van der Waals surface area contributed by atoms with Crippen molar-refractivity contribution < 1.29 is 31.1 Å². The van der Waals surface area contributed by atoms with Gasteiger partial charge in [0.15, 0.2) is 0 Å². The zero-order chi connectivity index (χ0) is 23.4. The van der Waals surface area contributed by atoms with E-state index in [0.717, 1.165) is 12.3 Å². The van der Waals surface area contributed by atoms with E-state index in [9.17, 15) is 21.6 Å². The molecule has 0 bridgehead atoms. The zero-order valence-corrected chi connectivity index (χ0v) is 18.7. The molecule has 0 saturated carbocycles. The van der Waals surface area contributed by atoms with Crippen LogP contribution in [-0.4, -0.2) is 64.2 Å². The van der Waals surface area contributed by atoms with Crippen molar-refractivity contribution in [3.8, 4) is 5.75 Å². The second kappa shape index (κ2) is 10.1. The molecule has 0 aliphatic carbocycles. The van der Waals surface area contributed by atoms with Crippen LogP contribution in [0.3, 0.4) is 0 Å². The van der Waals surface area contributed by atoms with Crippen molar-refractivity contribution in [2.75, 3.05) is 51.4 Å². The molecule has 3 rings (SSSR count). The first-order chi connectivity index (χ1) is 15.1. The standard InChI is InChI=1S/C21H26F3N3O4S/c1-16-14-18(5-6-19(16)31-13-12-30-2)32(28,29)27-9-3-8-26(10-11-27)20-7-4-17(15-25-20)21(22,23)24/h4-7,14-15H,3,8-13H2,1-2H3. The zero-order valence-electron chi connectivity index (χ0n) is 17.9. The monoisotopic (exact) mass is 473 g/mol. The number of methoxy groups -OCH3 is 1. The van der Waals surface area contributed by atoms with Gasteiger partial charge in [-0.25, -0.2) is 13.4 Å². The highest BCUT2D eigenvalue weighted by Crippen LogP contribution is 2.30. The molecule has 0 unspecified atom stereocenters. The lowest BCUT2D eigenvalue weighted by molar-refractivity contribution is -0.137. The van der Waals surface area contributed by atoms with Gasteiger partial charge in [-0.2, -0.15) is 17.5 Å². The number of benzene rings is 1. The fourth-order valence-corrected chi connectivity index (χ4v) is 4.99. The summed E-state index contributed by atoms with van der Waals surface area (Å²) in [6.07, 6.45) is -3.12. The van der Waals surface area contributed by atoms with Crippen LogP contribution in [0.4, 0.5) is 19.0 Å². The average molecular weight is 474 g/mol. The van der Waals surface area contributed by atoms with Crippen molar-refractivity contribution in [1.82, 2.24) is 9.29 Å². The average Bonchev–Trinajstić information content (AvgIpc) is 3.01. The third kappa shape index (κ3) is 5.70. The van der Waals surface area contributed by atoms with Gasteiger partial charge in [0.1, 0.15) is 18.2 Å². The van der Waals surface area contributed by atoms with Gasteiger partial charge in [0.2, 0.25) is 10.0 Å². The number of ether oxygens (including phenoxy) is 2. The summed E-state index contributed by atoms with van der Waals surface area (Å²) in [6.45, 7) is 3.91. The normalized spacial score (nSPS) is 16.1. The van der Waals surface area contributed by atoms with Crippen LogP contribution in [0.2, 0.25) is 0 Å². The molecule has 7 nitrogen and oxygen atoms in total. The van der Waals surface area contributed by atoms with Gasteiger partial charge < -0.3 is 14.4 Å². The van der Waals surface area contributed by atoms with Crippen LogP contribution < -0.4 is 9.64 Å². The maximum atomic E-state index is 13.2. The van der Waals surface area contributed by atoms with Crippen LogP contribution in [0.25, 0.3) is 0 Å². The maximum absolute atomic E-state index is 13.2. The Kier molecular flexibility index (Phi) is 7.63. The van der Waals surface area contributed by atoms with Crippen LogP contribution in [0.1, 0.15) is 17.5 Å². The van der Waals surface area contributed by atoms with Crippen LogP contribution in [0, 0.1) is 6.92 Å². The van der Waals surface area contributed by atoms with Crippen LogP contribution in [-0.2, 0) is 20.9 Å². The number of halogens is 3. The van der Waals surface area contributed by atoms with E-state index >= 15 is 0 Å². The molecule has 0 N–H and O–H groups in total. The predicted octanol–water partition coefficient (Wildman–Crippen LogP) is 3.34. The SMILES string of the molecule is COCCOc1ccc(S(=O)(=O)N2CCCN(c3ccc(C(F)(F)F)cn3)CC2)cc1C. The molecule has 176 valence electrons. The Morgan fingerprint density at radius 1 is 1.06 bits per heavy atom. The first-order valence-corrected chi connectivity index (χ1v) is 11.6. The molecule has 1 fully saturated rings. The quantitative estimate of drug-likeness (QED) is 0.575. The first kappa shape index (κ1) is 24.3. The summed E-state index contributed by atoms with van der Waals surface area (Å²) >= 11 is 0.